The lowest BCUT2D eigenvalue weighted by Crippen LogP contribution is -2.61. The third-order valence-electron chi connectivity index (χ3n) is 7.68. The van der Waals surface area contributed by atoms with Crippen LogP contribution in [0, 0.1) is 35.4 Å². The van der Waals surface area contributed by atoms with E-state index in [1.54, 1.807) is 13.8 Å². The molecule has 0 aromatic carbocycles. The van der Waals surface area contributed by atoms with Gasteiger partial charge in [0.05, 0.1) is 18.1 Å². The lowest BCUT2D eigenvalue weighted by atomic mass is 9.90. The SMILES string of the molecule is CCC(C)C1C(=O)O[C@H](C)[C@H](NC(=O)c2ncccc2O)C(=O)N[C@@H](Cc2c(F)nc(F)c(F)c2F)[C@@H](O)[C@@H](C)C(=O)N1C. The van der Waals surface area contributed by atoms with Crippen molar-refractivity contribution in [2.75, 3.05) is 7.05 Å². The van der Waals surface area contributed by atoms with Crippen molar-refractivity contribution in [2.45, 2.75) is 70.9 Å². The number of aliphatic hydroxyl groups excluding tert-OH is 1. The number of nitrogens with one attached hydrogen (secondary N) is 2. The Bertz CT molecular complexity index is 1430. The van der Waals surface area contributed by atoms with E-state index >= 15 is 0 Å². The van der Waals surface area contributed by atoms with Gasteiger partial charge in [-0.15, -0.1) is 0 Å². The van der Waals surface area contributed by atoms with E-state index in [1.807, 2.05) is 0 Å². The number of amides is 3. The molecule has 240 valence electrons. The summed E-state index contributed by atoms with van der Waals surface area (Å²) in [6, 6.07) is -2.23. The Morgan fingerprint density at radius 2 is 1.82 bits per heavy atom. The highest BCUT2D eigenvalue weighted by Gasteiger charge is 2.43. The van der Waals surface area contributed by atoms with Crippen LogP contribution in [-0.4, -0.2) is 86.2 Å². The van der Waals surface area contributed by atoms with Gasteiger partial charge in [-0.3, -0.25) is 14.4 Å². The first-order valence-corrected chi connectivity index (χ1v) is 13.7. The number of rotatable bonds is 6. The van der Waals surface area contributed by atoms with Gasteiger partial charge in [-0.25, -0.2) is 14.2 Å². The smallest absolute Gasteiger partial charge is 0.329 e. The number of aromatic nitrogens is 2. The van der Waals surface area contributed by atoms with Crippen molar-refractivity contribution in [1.82, 2.24) is 25.5 Å². The molecule has 3 heterocycles. The van der Waals surface area contributed by atoms with Gasteiger partial charge in [0, 0.05) is 25.2 Å². The Hall–Kier alpha value is -4.34. The summed E-state index contributed by atoms with van der Waals surface area (Å²) in [4.78, 5) is 60.9. The molecule has 1 aliphatic heterocycles. The lowest BCUT2D eigenvalue weighted by molar-refractivity contribution is -0.165. The van der Waals surface area contributed by atoms with Crippen LogP contribution >= 0.6 is 0 Å². The summed E-state index contributed by atoms with van der Waals surface area (Å²) in [6.45, 7) is 5.89. The molecule has 7 atom stereocenters. The largest absolute Gasteiger partial charge is 0.505 e. The number of aromatic hydroxyl groups is 1. The third kappa shape index (κ3) is 7.06. The fraction of sp³-hybridized carbons (Fsp3) is 0.500. The summed E-state index contributed by atoms with van der Waals surface area (Å²) in [5.74, 6) is -14.3. The van der Waals surface area contributed by atoms with Gasteiger partial charge in [0.2, 0.25) is 23.6 Å². The minimum absolute atomic E-state index is 0.395. The Balaban J connectivity index is 2.12. The average molecular weight is 628 g/mol. The van der Waals surface area contributed by atoms with Crippen molar-refractivity contribution in [3.63, 3.8) is 0 Å². The number of cyclic esters (lactones) is 1. The van der Waals surface area contributed by atoms with Gasteiger partial charge in [0.25, 0.3) is 11.9 Å². The maximum atomic E-state index is 14.6. The molecule has 1 aliphatic rings. The maximum Gasteiger partial charge on any atom is 0.329 e. The number of esters is 1. The second-order valence-corrected chi connectivity index (χ2v) is 10.6. The molecule has 0 radical (unpaired) electrons. The number of hydrogen-bond donors (Lipinski definition) is 4. The van der Waals surface area contributed by atoms with Gasteiger partial charge in [-0.05, 0) is 25.0 Å². The molecule has 0 spiro atoms. The standard InChI is InChI=1S/C28H33F4N5O7/c1-6-11(2)21-28(43)44-13(4)19(35-26(41)20-16(38)8-7-9-33-20)25(40)34-15(22(39)12(3)27(42)37(21)5)10-14-17(29)18(30)24(32)36-23(14)31/h7-9,11-13,15,19,21-22,38-39H,6,10H2,1-5H3,(H,34,40)(H,35,41)/t11?,12-,13-,15+,19+,21?,22+/m1/s1. The molecule has 44 heavy (non-hydrogen) atoms. The minimum atomic E-state index is -2.10. The van der Waals surface area contributed by atoms with Gasteiger partial charge in [-0.1, -0.05) is 27.2 Å². The molecule has 1 saturated heterocycles. The highest BCUT2D eigenvalue weighted by Crippen LogP contribution is 2.25. The monoisotopic (exact) mass is 627 g/mol. The molecule has 3 amide bonds. The number of carbonyl (C=O) groups excluding carboxylic acids is 4. The van der Waals surface area contributed by atoms with Crippen LogP contribution in [0.1, 0.15) is 50.2 Å². The molecular formula is C28H33F4N5O7. The molecule has 2 unspecified atom stereocenters. The maximum absolute atomic E-state index is 14.6. The fourth-order valence-corrected chi connectivity index (χ4v) is 4.89. The quantitative estimate of drug-likeness (QED) is 0.210. The fourth-order valence-electron chi connectivity index (χ4n) is 4.89. The highest BCUT2D eigenvalue weighted by atomic mass is 19.2. The highest BCUT2D eigenvalue weighted by molar-refractivity contribution is 5.98. The van der Waals surface area contributed by atoms with E-state index in [2.05, 4.69) is 20.6 Å². The van der Waals surface area contributed by atoms with Crippen LogP contribution in [-0.2, 0) is 25.5 Å². The zero-order chi connectivity index (χ0) is 33.0. The molecular weight excluding hydrogens is 594 g/mol. The van der Waals surface area contributed by atoms with E-state index in [0.717, 1.165) is 11.0 Å². The second kappa shape index (κ2) is 14.0. The summed E-state index contributed by atoms with van der Waals surface area (Å²) in [5.41, 5.74) is -1.63. The summed E-state index contributed by atoms with van der Waals surface area (Å²) in [5, 5.41) is 25.9. The molecule has 3 rings (SSSR count). The zero-order valence-corrected chi connectivity index (χ0v) is 24.5. The van der Waals surface area contributed by atoms with Gasteiger partial charge in [-0.2, -0.15) is 18.2 Å². The van der Waals surface area contributed by atoms with E-state index in [0.29, 0.717) is 6.42 Å². The van der Waals surface area contributed by atoms with Crippen LogP contribution < -0.4 is 10.6 Å². The molecule has 1 fully saturated rings. The summed E-state index contributed by atoms with van der Waals surface area (Å²) < 4.78 is 62.2. The Morgan fingerprint density at radius 3 is 2.43 bits per heavy atom. The number of pyridine rings is 2. The van der Waals surface area contributed by atoms with E-state index in [4.69, 9.17) is 4.74 Å². The van der Waals surface area contributed by atoms with Gasteiger partial charge in [0.15, 0.2) is 11.5 Å². The van der Waals surface area contributed by atoms with Crippen LogP contribution in [0.5, 0.6) is 5.75 Å². The summed E-state index contributed by atoms with van der Waals surface area (Å²) in [7, 11) is 1.29. The number of aliphatic hydroxyl groups is 1. The number of ether oxygens (including phenoxy) is 1. The Kier molecular flexibility index (Phi) is 10.8. The molecule has 2 aromatic rings. The van der Waals surface area contributed by atoms with Crippen molar-refractivity contribution in [3.8, 4) is 5.75 Å². The van der Waals surface area contributed by atoms with Crippen LogP contribution in [0.2, 0.25) is 0 Å². The predicted molar refractivity (Wildman–Crippen MR) is 144 cm³/mol. The van der Waals surface area contributed by atoms with Gasteiger partial charge < -0.3 is 30.5 Å². The van der Waals surface area contributed by atoms with Crippen LogP contribution in [0.3, 0.4) is 0 Å². The normalized spacial score (nSPS) is 25.8. The molecule has 12 nitrogen and oxygen atoms in total. The second-order valence-electron chi connectivity index (χ2n) is 10.6. The summed E-state index contributed by atoms with van der Waals surface area (Å²) in [6.07, 6.45) is -2.80. The average Bonchev–Trinajstić information content (AvgIpc) is 2.98. The molecule has 0 saturated carbocycles. The van der Waals surface area contributed by atoms with Crippen molar-refractivity contribution >= 4 is 23.7 Å². The van der Waals surface area contributed by atoms with Crippen molar-refractivity contribution < 1.29 is 51.7 Å². The lowest BCUT2D eigenvalue weighted by Gasteiger charge is -2.38. The number of likely N-dealkylation sites (N-methyl/N-ethyl adjacent to an activating group) is 1. The van der Waals surface area contributed by atoms with Gasteiger partial charge >= 0.3 is 5.97 Å². The number of hydrogen-bond acceptors (Lipinski definition) is 9. The van der Waals surface area contributed by atoms with E-state index < -0.39 is 113 Å². The molecule has 4 N–H and O–H groups in total. The summed E-state index contributed by atoms with van der Waals surface area (Å²) >= 11 is 0. The Labute approximate surface area is 249 Å². The first kappa shape index (κ1) is 34.2. The van der Waals surface area contributed by atoms with Crippen molar-refractivity contribution in [1.29, 1.82) is 0 Å². The van der Waals surface area contributed by atoms with E-state index in [9.17, 15) is 47.0 Å². The first-order chi connectivity index (χ1) is 20.6. The number of nitrogens with zero attached hydrogens (tertiary/aromatic N) is 3. The van der Waals surface area contributed by atoms with E-state index in [1.165, 1.54) is 33.2 Å². The number of halogens is 4. The van der Waals surface area contributed by atoms with Gasteiger partial charge in [0.1, 0.15) is 23.9 Å². The van der Waals surface area contributed by atoms with E-state index in [-0.39, 0.29) is 0 Å². The molecule has 16 heteroatoms. The van der Waals surface area contributed by atoms with Crippen LogP contribution in [0.4, 0.5) is 17.6 Å². The molecule has 0 aliphatic carbocycles. The molecule has 2 aromatic heterocycles. The number of carbonyl (C=O) groups is 4. The predicted octanol–water partition coefficient (Wildman–Crippen LogP) is 1.38. The van der Waals surface area contributed by atoms with Crippen molar-refractivity contribution in [3.05, 3.63) is 53.1 Å². The molecule has 0 bridgehead atoms. The first-order valence-electron chi connectivity index (χ1n) is 13.7. The third-order valence-corrected chi connectivity index (χ3v) is 7.68. The Morgan fingerprint density at radius 1 is 1.16 bits per heavy atom. The van der Waals surface area contributed by atoms with Crippen LogP contribution in [0.15, 0.2) is 18.3 Å². The van der Waals surface area contributed by atoms with Crippen LogP contribution in [0.25, 0.3) is 0 Å². The topological polar surface area (TPSA) is 171 Å². The zero-order valence-electron chi connectivity index (χ0n) is 24.5. The van der Waals surface area contributed by atoms with Crippen molar-refractivity contribution in [2.24, 2.45) is 11.8 Å². The minimum Gasteiger partial charge on any atom is -0.505 e.